The van der Waals surface area contributed by atoms with E-state index in [9.17, 15) is 4.79 Å². The highest BCUT2D eigenvalue weighted by Gasteiger charge is 2.17. The third-order valence-electron chi connectivity index (χ3n) is 5.24. The molecule has 0 fully saturated rings. The highest BCUT2D eigenvalue weighted by atomic mass is 16.5. The molecule has 1 N–H and O–H groups in total. The molecule has 0 bridgehead atoms. The van der Waals surface area contributed by atoms with Gasteiger partial charge in [-0.15, -0.1) is 0 Å². The predicted molar refractivity (Wildman–Crippen MR) is 126 cm³/mol. The number of hydrogen-bond donors (Lipinski definition) is 1. The summed E-state index contributed by atoms with van der Waals surface area (Å²) in [6.45, 7) is 6.55. The maximum absolute atomic E-state index is 13.4. The molecule has 4 aromatic rings. The quantitative estimate of drug-likeness (QED) is 0.395. The van der Waals surface area contributed by atoms with Crippen LogP contribution in [0.2, 0.25) is 0 Å². The molecule has 0 spiro atoms. The van der Waals surface area contributed by atoms with Crippen LogP contribution in [0.1, 0.15) is 46.9 Å². The zero-order valence-corrected chi connectivity index (χ0v) is 18.1. The van der Waals surface area contributed by atoms with Crippen LogP contribution < -0.4 is 10.1 Å². The third kappa shape index (κ3) is 4.75. The number of fused-ring (bicyclic) bond motifs is 1. The number of aromatic nitrogens is 1. The van der Waals surface area contributed by atoms with E-state index in [1.807, 2.05) is 85.8 Å². The smallest absolute Gasteiger partial charge is 0.259 e. The van der Waals surface area contributed by atoms with Crippen molar-refractivity contribution in [2.24, 2.45) is 0 Å². The first-order chi connectivity index (χ1) is 15.0. The fourth-order valence-electron chi connectivity index (χ4n) is 3.55. The highest BCUT2D eigenvalue weighted by molar-refractivity contribution is 6.10. The van der Waals surface area contributed by atoms with E-state index in [0.717, 1.165) is 33.4 Å². The van der Waals surface area contributed by atoms with Gasteiger partial charge >= 0.3 is 0 Å². The lowest BCUT2D eigenvalue weighted by Gasteiger charge is -2.16. The molecular formula is C27H26N2O2. The summed E-state index contributed by atoms with van der Waals surface area (Å²) in [6.07, 6.45) is 0. The van der Waals surface area contributed by atoms with Crippen molar-refractivity contribution in [3.63, 3.8) is 0 Å². The Morgan fingerprint density at radius 3 is 2.48 bits per heavy atom. The molecule has 31 heavy (non-hydrogen) atoms. The molecule has 1 amide bonds. The van der Waals surface area contributed by atoms with E-state index in [4.69, 9.17) is 4.74 Å². The molecule has 0 aliphatic carbocycles. The number of para-hydroxylation sites is 1. The normalized spacial score (nSPS) is 11.0. The van der Waals surface area contributed by atoms with Crippen LogP contribution >= 0.6 is 0 Å². The van der Waals surface area contributed by atoms with Gasteiger partial charge < -0.3 is 10.1 Å². The van der Waals surface area contributed by atoms with Gasteiger partial charge in [0.05, 0.1) is 16.8 Å². The molecule has 0 unspecified atom stereocenters. The molecule has 0 saturated carbocycles. The number of aryl methyl sites for hydroxylation is 1. The van der Waals surface area contributed by atoms with Crippen LogP contribution in [0.4, 0.5) is 5.69 Å². The van der Waals surface area contributed by atoms with Gasteiger partial charge in [0, 0.05) is 11.1 Å². The summed E-state index contributed by atoms with van der Waals surface area (Å²) >= 11 is 0. The predicted octanol–water partition coefficient (Wildman–Crippen LogP) is 6.50. The highest BCUT2D eigenvalue weighted by Crippen LogP contribution is 2.28. The van der Waals surface area contributed by atoms with Crippen molar-refractivity contribution >= 4 is 22.5 Å². The number of anilines is 1. The van der Waals surface area contributed by atoms with Gasteiger partial charge in [-0.1, -0.05) is 68.4 Å². The van der Waals surface area contributed by atoms with Crippen molar-refractivity contribution in [2.75, 3.05) is 5.32 Å². The fraction of sp³-hybridized carbons (Fsp3) is 0.185. The van der Waals surface area contributed by atoms with Crippen molar-refractivity contribution in [1.29, 1.82) is 0 Å². The Morgan fingerprint density at radius 1 is 0.968 bits per heavy atom. The minimum atomic E-state index is -0.193. The van der Waals surface area contributed by atoms with Gasteiger partial charge in [-0.05, 0) is 48.2 Å². The molecule has 0 radical (unpaired) electrons. The number of pyridine rings is 1. The Balaban J connectivity index is 1.67. The van der Waals surface area contributed by atoms with Gasteiger partial charge in [-0.25, -0.2) is 0 Å². The first-order valence-electron chi connectivity index (χ1n) is 10.5. The van der Waals surface area contributed by atoms with Gasteiger partial charge in [-0.2, -0.15) is 0 Å². The first-order valence-corrected chi connectivity index (χ1v) is 10.5. The lowest BCUT2D eigenvalue weighted by Crippen LogP contribution is -2.15. The minimum absolute atomic E-state index is 0.193. The molecule has 3 aromatic carbocycles. The molecule has 1 heterocycles. The van der Waals surface area contributed by atoms with E-state index in [-0.39, 0.29) is 5.91 Å². The number of carbonyl (C=O) groups is 1. The molecule has 1 aromatic heterocycles. The van der Waals surface area contributed by atoms with E-state index < -0.39 is 0 Å². The molecule has 156 valence electrons. The maximum Gasteiger partial charge on any atom is 0.259 e. The molecule has 4 nitrogen and oxygen atoms in total. The van der Waals surface area contributed by atoms with Crippen molar-refractivity contribution in [3.8, 4) is 5.75 Å². The van der Waals surface area contributed by atoms with Crippen LogP contribution in [-0.4, -0.2) is 10.9 Å². The number of carbonyl (C=O) groups excluding carboxylic acids is 1. The molecule has 4 heteroatoms. The average Bonchev–Trinajstić information content (AvgIpc) is 2.78. The monoisotopic (exact) mass is 410 g/mol. The number of ether oxygens (including phenoxy) is 1. The van der Waals surface area contributed by atoms with Gasteiger partial charge in [0.25, 0.3) is 5.91 Å². The second kappa shape index (κ2) is 9.00. The lowest BCUT2D eigenvalue weighted by atomic mass is 9.99. The van der Waals surface area contributed by atoms with E-state index in [0.29, 0.717) is 23.8 Å². The van der Waals surface area contributed by atoms with Crippen molar-refractivity contribution in [2.45, 2.75) is 33.3 Å². The van der Waals surface area contributed by atoms with Crippen LogP contribution in [0, 0.1) is 6.92 Å². The number of nitrogens with one attached hydrogen (secondary N) is 1. The molecule has 0 aliphatic rings. The minimum Gasteiger partial charge on any atom is -0.488 e. The van der Waals surface area contributed by atoms with E-state index >= 15 is 0 Å². The molecule has 0 saturated heterocycles. The molecule has 0 aliphatic heterocycles. The molecule has 4 rings (SSSR count). The van der Waals surface area contributed by atoms with Gasteiger partial charge in [-0.3, -0.25) is 9.78 Å². The topological polar surface area (TPSA) is 51.2 Å². The Labute approximate surface area is 182 Å². The van der Waals surface area contributed by atoms with Crippen LogP contribution in [-0.2, 0) is 6.61 Å². The molecular weight excluding hydrogens is 384 g/mol. The van der Waals surface area contributed by atoms with Crippen molar-refractivity contribution in [3.05, 3.63) is 101 Å². The first kappa shape index (κ1) is 20.6. The Bertz CT molecular complexity index is 1220. The van der Waals surface area contributed by atoms with Crippen LogP contribution in [0.15, 0.2) is 78.9 Å². The molecule has 0 atom stereocenters. The summed E-state index contributed by atoms with van der Waals surface area (Å²) in [6, 6.07) is 25.5. The summed E-state index contributed by atoms with van der Waals surface area (Å²) in [5.41, 5.74) is 5.13. The zero-order valence-electron chi connectivity index (χ0n) is 18.1. The second-order valence-corrected chi connectivity index (χ2v) is 7.97. The van der Waals surface area contributed by atoms with Crippen LogP contribution in [0.25, 0.3) is 10.9 Å². The summed E-state index contributed by atoms with van der Waals surface area (Å²) in [7, 11) is 0. The third-order valence-corrected chi connectivity index (χ3v) is 5.24. The number of rotatable bonds is 6. The van der Waals surface area contributed by atoms with Crippen LogP contribution in [0.5, 0.6) is 5.75 Å². The van der Waals surface area contributed by atoms with Gasteiger partial charge in [0.1, 0.15) is 12.4 Å². The fourth-order valence-corrected chi connectivity index (χ4v) is 3.55. The number of hydrogen-bond acceptors (Lipinski definition) is 3. The van der Waals surface area contributed by atoms with Crippen LogP contribution in [0.3, 0.4) is 0 Å². The average molecular weight is 411 g/mol. The SMILES string of the molecule is Cc1cc(NC(=O)c2cc(C(C)C)ccc2OCc2ccccc2)c2ccccc2n1. The lowest BCUT2D eigenvalue weighted by molar-refractivity contribution is 0.102. The standard InChI is InChI=1S/C27H26N2O2/c1-18(2)21-13-14-26(31-17-20-9-5-4-6-10-20)23(16-21)27(30)29-25-15-19(3)28-24-12-8-7-11-22(24)25/h4-16,18H,17H2,1-3H3,(H,28,29,30). The van der Waals surface area contributed by atoms with E-state index in [1.54, 1.807) is 0 Å². The summed E-state index contributed by atoms with van der Waals surface area (Å²) in [4.78, 5) is 17.9. The van der Waals surface area contributed by atoms with Crippen molar-refractivity contribution in [1.82, 2.24) is 4.98 Å². The largest absolute Gasteiger partial charge is 0.488 e. The Morgan fingerprint density at radius 2 is 1.71 bits per heavy atom. The second-order valence-electron chi connectivity index (χ2n) is 7.97. The Kier molecular flexibility index (Phi) is 5.99. The number of nitrogens with zero attached hydrogens (tertiary/aromatic N) is 1. The van der Waals surface area contributed by atoms with E-state index in [1.165, 1.54) is 0 Å². The summed E-state index contributed by atoms with van der Waals surface area (Å²) < 4.78 is 6.05. The maximum atomic E-state index is 13.4. The number of amides is 1. The Hall–Kier alpha value is -3.66. The number of benzene rings is 3. The van der Waals surface area contributed by atoms with E-state index in [2.05, 4.69) is 24.1 Å². The zero-order chi connectivity index (χ0) is 21.8. The van der Waals surface area contributed by atoms with Crippen molar-refractivity contribution < 1.29 is 9.53 Å². The summed E-state index contributed by atoms with van der Waals surface area (Å²) in [5, 5.41) is 4.00. The van der Waals surface area contributed by atoms with Gasteiger partial charge in [0.2, 0.25) is 0 Å². The summed E-state index contributed by atoms with van der Waals surface area (Å²) in [5.74, 6) is 0.681. The van der Waals surface area contributed by atoms with Gasteiger partial charge in [0.15, 0.2) is 0 Å².